The van der Waals surface area contributed by atoms with E-state index in [9.17, 15) is 0 Å². The summed E-state index contributed by atoms with van der Waals surface area (Å²) >= 11 is 1.92. The van der Waals surface area contributed by atoms with Gasteiger partial charge in [-0.2, -0.15) is 0 Å². The van der Waals surface area contributed by atoms with Gasteiger partial charge in [-0.3, -0.25) is 0 Å². The van der Waals surface area contributed by atoms with Crippen molar-refractivity contribution in [3.8, 4) is 11.1 Å². The normalized spacial score (nSPS) is 22.5. The Morgan fingerprint density at radius 1 is 0.370 bits per heavy atom. The first-order chi connectivity index (χ1) is 43.6. The molecule has 1 aromatic heterocycles. The van der Waals surface area contributed by atoms with E-state index in [2.05, 4.69) is 306 Å². The molecule has 16 rings (SSSR count). The summed E-state index contributed by atoms with van der Waals surface area (Å²) in [7, 11) is 0. The van der Waals surface area contributed by atoms with Crippen molar-refractivity contribution in [2.24, 2.45) is 0 Å². The van der Waals surface area contributed by atoms with E-state index in [0.717, 1.165) is 19.3 Å². The first-order valence-electron chi connectivity index (χ1n) is 34.7. The minimum Gasteiger partial charge on any atom is -0.334 e. The molecule has 0 bridgehead atoms. The molecule has 4 nitrogen and oxygen atoms in total. The van der Waals surface area contributed by atoms with Crippen LogP contribution in [0, 0.1) is 0 Å². The third-order valence-electron chi connectivity index (χ3n) is 24.2. The van der Waals surface area contributed by atoms with Gasteiger partial charge in [-0.15, -0.1) is 11.3 Å². The Hall–Kier alpha value is -7.54. The predicted octanol–water partition coefficient (Wildman–Crippen LogP) is 22.5. The molecular weight excluding hydrogens is 1130 g/mol. The molecule has 2 fully saturated rings. The van der Waals surface area contributed by atoms with Crippen LogP contribution in [0.15, 0.2) is 176 Å². The lowest BCUT2D eigenvalue weighted by atomic mass is 9.33. The van der Waals surface area contributed by atoms with Crippen molar-refractivity contribution in [2.75, 3.05) is 19.6 Å². The Morgan fingerprint density at radius 3 is 1.43 bits per heavy atom. The summed E-state index contributed by atoms with van der Waals surface area (Å²) in [5, 5.41) is 2.62. The fourth-order valence-electron chi connectivity index (χ4n) is 18.4. The van der Waals surface area contributed by atoms with Gasteiger partial charge in [-0.05, 0) is 189 Å². The number of hydrogen-bond donors (Lipinski definition) is 0. The van der Waals surface area contributed by atoms with E-state index in [1.807, 2.05) is 11.3 Å². The largest absolute Gasteiger partial charge is 0.334 e. The molecule has 0 N–H and O–H groups in total. The molecule has 6 heteroatoms. The second-order valence-corrected chi connectivity index (χ2v) is 34.7. The minimum atomic E-state index is -0.209. The number of hydrogen-bond acceptors (Lipinski definition) is 5. The number of nitrogens with zero attached hydrogens (tertiary/aromatic N) is 4. The average molecular weight is 1230 g/mol. The minimum absolute atomic E-state index is 0.00770. The number of rotatable bonds is 5. The number of fused-ring (bicyclic) bond motifs is 13. The molecule has 6 aliphatic rings. The maximum absolute atomic E-state index is 2.87. The van der Waals surface area contributed by atoms with Gasteiger partial charge in [-0.25, -0.2) is 0 Å². The molecule has 0 radical (unpaired) electrons. The quantitative estimate of drug-likeness (QED) is 0.159. The van der Waals surface area contributed by atoms with Crippen LogP contribution in [0.3, 0.4) is 0 Å². The summed E-state index contributed by atoms with van der Waals surface area (Å²) < 4.78 is 2.63. The third kappa shape index (κ3) is 8.45. The summed E-state index contributed by atoms with van der Waals surface area (Å²) in [6.07, 6.45) is 9.46. The topological polar surface area (TPSA) is 13.0 Å². The van der Waals surface area contributed by atoms with E-state index in [-0.39, 0.29) is 50.3 Å². The van der Waals surface area contributed by atoms with Crippen molar-refractivity contribution < 1.29 is 0 Å². The number of thiophene rings is 1. The van der Waals surface area contributed by atoms with Crippen molar-refractivity contribution in [2.45, 2.75) is 206 Å². The molecule has 2 aliphatic carbocycles. The fourth-order valence-corrected chi connectivity index (χ4v) is 19.6. The van der Waals surface area contributed by atoms with Gasteiger partial charge < -0.3 is 19.6 Å². The SMILES string of the molecule is CC(C)(C)c1ccc2c(c1)B1c3ccc(N4c5ccc(C(C)(C)C)cc5C5(C)CCCCC45C)cc3N(c3cccc4sc5ccccc5c34)c3cc(N4c5ccc(C(C)(C)C)cc5C5(C)CCCCC45C)cc(c31)N2c1ccc(C(C)(C)C)cc1-c1ccccc1. The molecule has 4 atom stereocenters. The van der Waals surface area contributed by atoms with Gasteiger partial charge in [0.1, 0.15) is 0 Å². The van der Waals surface area contributed by atoms with Crippen LogP contribution in [-0.4, -0.2) is 17.8 Å². The van der Waals surface area contributed by atoms with Crippen molar-refractivity contribution in [3.63, 3.8) is 0 Å². The fraction of sp³-hybridized carbons (Fsp3) is 0.372. The first-order valence-corrected chi connectivity index (χ1v) is 35.5. The molecular formula is C86H93BN4S. The van der Waals surface area contributed by atoms with E-state index in [1.165, 1.54) is 170 Å². The Morgan fingerprint density at radius 2 is 0.848 bits per heavy atom. The molecule has 4 aliphatic heterocycles. The van der Waals surface area contributed by atoms with E-state index in [0.29, 0.717) is 0 Å². The highest BCUT2D eigenvalue weighted by Gasteiger charge is 2.60. The van der Waals surface area contributed by atoms with E-state index >= 15 is 0 Å². The van der Waals surface area contributed by atoms with Gasteiger partial charge in [0.2, 0.25) is 0 Å². The Labute approximate surface area is 553 Å². The van der Waals surface area contributed by atoms with Gasteiger partial charge in [0, 0.05) is 82.1 Å². The lowest BCUT2D eigenvalue weighted by molar-refractivity contribution is 0.195. The molecule has 92 heavy (non-hydrogen) atoms. The van der Waals surface area contributed by atoms with Crippen molar-refractivity contribution in [1.82, 2.24) is 0 Å². The van der Waals surface area contributed by atoms with E-state index in [4.69, 9.17) is 0 Å². The van der Waals surface area contributed by atoms with Crippen LogP contribution in [-0.2, 0) is 32.5 Å². The van der Waals surface area contributed by atoms with Crippen LogP contribution in [0.2, 0.25) is 0 Å². The zero-order valence-corrected chi connectivity index (χ0v) is 58.5. The van der Waals surface area contributed by atoms with Gasteiger partial charge in [0.25, 0.3) is 6.71 Å². The molecule has 0 saturated heterocycles. The summed E-state index contributed by atoms with van der Waals surface area (Å²) in [6.45, 7) is 38.9. The van der Waals surface area contributed by atoms with Crippen molar-refractivity contribution in [1.29, 1.82) is 0 Å². The Kier molecular flexibility index (Phi) is 12.9. The van der Waals surface area contributed by atoms with E-state index in [1.54, 1.807) is 0 Å². The van der Waals surface area contributed by atoms with Crippen LogP contribution in [0.1, 0.15) is 196 Å². The van der Waals surface area contributed by atoms with Crippen molar-refractivity contribution in [3.05, 3.63) is 209 Å². The van der Waals surface area contributed by atoms with Crippen LogP contribution in [0.25, 0.3) is 31.3 Å². The maximum atomic E-state index is 2.87. The number of anilines is 10. The van der Waals surface area contributed by atoms with Crippen LogP contribution < -0.4 is 36.0 Å². The highest BCUT2D eigenvalue weighted by atomic mass is 32.1. The van der Waals surface area contributed by atoms with Gasteiger partial charge in [0.05, 0.1) is 22.5 Å². The predicted molar refractivity (Wildman–Crippen MR) is 399 cm³/mol. The summed E-state index contributed by atoms with van der Waals surface area (Å²) in [5.41, 5.74) is 27.1. The van der Waals surface area contributed by atoms with Gasteiger partial charge >= 0.3 is 0 Å². The summed E-state index contributed by atoms with van der Waals surface area (Å²) in [4.78, 5) is 11.2. The maximum Gasteiger partial charge on any atom is 0.252 e. The smallest absolute Gasteiger partial charge is 0.252 e. The lowest BCUT2D eigenvalue weighted by Gasteiger charge is -2.51. The Balaban J connectivity index is 1.06. The molecule has 5 heterocycles. The zero-order chi connectivity index (χ0) is 64.2. The van der Waals surface area contributed by atoms with Crippen molar-refractivity contribution >= 4 is 111 Å². The Bertz CT molecular complexity index is 4700. The first kappa shape index (κ1) is 59.5. The third-order valence-corrected chi connectivity index (χ3v) is 25.3. The highest BCUT2D eigenvalue weighted by Crippen LogP contribution is 2.65. The van der Waals surface area contributed by atoms with Crippen LogP contribution >= 0.6 is 11.3 Å². The van der Waals surface area contributed by atoms with Crippen LogP contribution in [0.5, 0.6) is 0 Å². The monoisotopic (exact) mass is 1220 g/mol. The number of benzene rings is 9. The van der Waals surface area contributed by atoms with E-state index < -0.39 is 0 Å². The second kappa shape index (κ2) is 20.0. The molecule has 466 valence electrons. The average Bonchev–Trinajstić information content (AvgIpc) is 1.37. The van der Waals surface area contributed by atoms with Crippen LogP contribution in [0.4, 0.5) is 56.9 Å². The van der Waals surface area contributed by atoms with Gasteiger partial charge in [0.15, 0.2) is 0 Å². The molecule has 10 aromatic rings. The summed E-state index contributed by atoms with van der Waals surface area (Å²) in [6, 6.07) is 70.9. The zero-order valence-electron chi connectivity index (χ0n) is 57.7. The summed E-state index contributed by atoms with van der Waals surface area (Å²) in [5.74, 6) is 0. The second-order valence-electron chi connectivity index (χ2n) is 33.6. The lowest BCUT2D eigenvalue weighted by Crippen LogP contribution is -2.62. The molecule has 0 spiro atoms. The molecule has 9 aromatic carbocycles. The standard InChI is InChI=1S/C86H93BN4S/c1-79(2,3)55-33-39-67(62(47-55)54-27-18-17-19-28-54)88-70-42-36-58(82(10,11)12)50-66(70)87-65-38-37-59(90-68-40-34-56(80(4,5)6)48-63(68)83(13)43-22-24-45-85(83,90)15)51-72(65)89(71-30-26-32-76-77(71)61-29-20-21-31-75(61)92-76)74-53-60(52-73(88)78(74)87)91-69-41-35-57(81(7,8)9)49-64(69)84(14)44-23-25-46-86(84,91)16/h17-21,26-42,47-53H,22-25,43-46H2,1-16H3. The van der Waals surface area contributed by atoms with Gasteiger partial charge in [-0.1, -0.05) is 226 Å². The molecule has 4 unspecified atom stereocenters. The molecule has 0 amide bonds. The highest BCUT2D eigenvalue weighted by molar-refractivity contribution is 7.26. The molecule has 2 saturated carbocycles.